The molecule has 1 aromatic carbocycles. The summed E-state index contributed by atoms with van der Waals surface area (Å²) in [5, 5.41) is 2.81. The molecule has 2 amide bonds. The number of rotatable bonds is 2. The van der Waals surface area contributed by atoms with Crippen molar-refractivity contribution in [1.82, 2.24) is 4.90 Å². The van der Waals surface area contributed by atoms with Crippen LogP contribution in [0.15, 0.2) is 18.2 Å². The summed E-state index contributed by atoms with van der Waals surface area (Å²) in [6.45, 7) is 3.92. The number of carbonyl (C=O) groups excluding carboxylic acids is 2. The van der Waals surface area contributed by atoms with Crippen molar-refractivity contribution in [2.45, 2.75) is 39.0 Å². The van der Waals surface area contributed by atoms with Gasteiger partial charge in [0.15, 0.2) is 0 Å². The van der Waals surface area contributed by atoms with E-state index >= 15 is 0 Å². The number of anilines is 1. The van der Waals surface area contributed by atoms with Gasteiger partial charge in [-0.1, -0.05) is 19.4 Å². The van der Waals surface area contributed by atoms with Gasteiger partial charge in [0.2, 0.25) is 5.91 Å². The molecule has 0 aromatic heterocycles. The molecule has 1 fully saturated rings. The zero-order chi connectivity index (χ0) is 14.8. The van der Waals surface area contributed by atoms with Gasteiger partial charge in [0.1, 0.15) is 0 Å². The number of hydrogen-bond acceptors (Lipinski definition) is 2. The van der Waals surface area contributed by atoms with E-state index in [1.807, 2.05) is 23.1 Å². The number of hydrogen-bond donors (Lipinski definition) is 1. The monoisotopic (exact) mass is 286 g/mol. The minimum absolute atomic E-state index is 0.00941. The molecule has 0 radical (unpaired) electrons. The van der Waals surface area contributed by atoms with Crippen LogP contribution in [0.2, 0.25) is 0 Å². The minimum atomic E-state index is 0.00941. The van der Waals surface area contributed by atoms with Crippen molar-refractivity contribution in [2.24, 2.45) is 5.92 Å². The highest BCUT2D eigenvalue weighted by Gasteiger charge is 2.23. The molecule has 2 heterocycles. The molecule has 1 N–H and O–H groups in total. The second kappa shape index (κ2) is 5.88. The topological polar surface area (TPSA) is 49.4 Å². The van der Waals surface area contributed by atoms with Gasteiger partial charge < -0.3 is 10.2 Å². The van der Waals surface area contributed by atoms with Gasteiger partial charge in [-0.15, -0.1) is 0 Å². The van der Waals surface area contributed by atoms with E-state index in [0.29, 0.717) is 12.0 Å². The molecule has 0 spiro atoms. The summed E-state index contributed by atoms with van der Waals surface area (Å²) in [6, 6.07) is 5.57. The van der Waals surface area contributed by atoms with Gasteiger partial charge in [0.25, 0.3) is 5.91 Å². The van der Waals surface area contributed by atoms with Crippen molar-refractivity contribution in [3.05, 3.63) is 29.3 Å². The van der Waals surface area contributed by atoms with Crippen LogP contribution in [-0.2, 0) is 11.2 Å². The lowest BCUT2D eigenvalue weighted by Crippen LogP contribution is -2.32. The third kappa shape index (κ3) is 2.94. The predicted molar refractivity (Wildman–Crippen MR) is 82.3 cm³/mol. The van der Waals surface area contributed by atoms with E-state index in [2.05, 4.69) is 12.2 Å². The van der Waals surface area contributed by atoms with Crippen molar-refractivity contribution in [1.29, 1.82) is 0 Å². The van der Waals surface area contributed by atoms with Gasteiger partial charge in [-0.2, -0.15) is 0 Å². The predicted octanol–water partition coefficient (Wildman–Crippen LogP) is 2.83. The molecule has 3 rings (SSSR count). The van der Waals surface area contributed by atoms with Gasteiger partial charge in [-0.3, -0.25) is 9.59 Å². The highest BCUT2D eigenvalue weighted by atomic mass is 16.2. The van der Waals surface area contributed by atoms with Crippen LogP contribution in [0.5, 0.6) is 0 Å². The lowest BCUT2D eigenvalue weighted by molar-refractivity contribution is -0.115. The molecule has 4 nitrogen and oxygen atoms in total. The molecule has 2 aliphatic heterocycles. The van der Waals surface area contributed by atoms with Gasteiger partial charge in [0, 0.05) is 24.3 Å². The molecular formula is C17H22N2O2. The summed E-state index contributed by atoms with van der Waals surface area (Å²) in [5.74, 6) is 0.855. The Bertz CT molecular complexity index is 568. The van der Waals surface area contributed by atoms with Crippen molar-refractivity contribution in [2.75, 3.05) is 18.4 Å². The molecule has 1 atom stereocenters. The lowest BCUT2D eigenvalue weighted by Gasteiger charge is -2.21. The van der Waals surface area contributed by atoms with Gasteiger partial charge >= 0.3 is 0 Å². The largest absolute Gasteiger partial charge is 0.339 e. The van der Waals surface area contributed by atoms with Gasteiger partial charge in [-0.25, -0.2) is 0 Å². The summed E-state index contributed by atoms with van der Waals surface area (Å²) < 4.78 is 0. The van der Waals surface area contributed by atoms with E-state index in [4.69, 9.17) is 0 Å². The Morgan fingerprint density at radius 2 is 2.19 bits per heavy atom. The first-order chi connectivity index (χ1) is 10.2. The molecule has 1 unspecified atom stereocenters. The first kappa shape index (κ1) is 14.1. The number of nitrogens with one attached hydrogen (secondary N) is 1. The Balaban J connectivity index is 1.73. The maximum absolute atomic E-state index is 12.6. The van der Waals surface area contributed by atoms with Crippen molar-refractivity contribution >= 4 is 17.5 Å². The molecule has 4 heteroatoms. The zero-order valence-corrected chi connectivity index (χ0v) is 12.5. The van der Waals surface area contributed by atoms with Crippen LogP contribution in [0.4, 0.5) is 5.69 Å². The fraction of sp³-hybridized carbons (Fsp3) is 0.529. The van der Waals surface area contributed by atoms with Crippen LogP contribution in [-0.4, -0.2) is 29.8 Å². The quantitative estimate of drug-likeness (QED) is 0.909. The van der Waals surface area contributed by atoms with E-state index in [1.165, 1.54) is 12.8 Å². The summed E-state index contributed by atoms with van der Waals surface area (Å²) in [4.78, 5) is 26.0. The Hall–Kier alpha value is -1.84. The average molecular weight is 286 g/mol. The van der Waals surface area contributed by atoms with Gasteiger partial charge in [0.05, 0.1) is 6.42 Å². The van der Waals surface area contributed by atoms with E-state index < -0.39 is 0 Å². The van der Waals surface area contributed by atoms with Crippen molar-refractivity contribution in [3.8, 4) is 0 Å². The molecular weight excluding hydrogens is 264 g/mol. The molecule has 2 aliphatic rings. The smallest absolute Gasteiger partial charge is 0.253 e. The second-order valence-electron chi connectivity index (χ2n) is 6.09. The van der Waals surface area contributed by atoms with Crippen molar-refractivity contribution < 1.29 is 9.59 Å². The van der Waals surface area contributed by atoms with Crippen molar-refractivity contribution in [3.63, 3.8) is 0 Å². The first-order valence-electron chi connectivity index (χ1n) is 7.89. The van der Waals surface area contributed by atoms with Gasteiger partial charge in [-0.05, 0) is 42.9 Å². The molecule has 112 valence electrons. The first-order valence-corrected chi connectivity index (χ1v) is 7.89. The number of likely N-dealkylation sites (tertiary alicyclic amines) is 1. The third-order valence-electron chi connectivity index (χ3n) is 4.69. The van der Waals surface area contributed by atoms with E-state index in [9.17, 15) is 9.59 Å². The van der Waals surface area contributed by atoms with E-state index in [0.717, 1.165) is 43.1 Å². The number of carbonyl (C=O) groups is 2. The van der Waals surface area contributed by atoms with Crippen LogP contribution >= 0.6 is 0 Å². The average Bonchev–Trinajstić information content (AvgIpc) is 2.71. The Morgan fingerprint density at radius 1 is 1.33 bits per heavy atom. The Labute approximate surface area is 125 Å². The maximum atomic E-state index is 12.6. The summed E-state index contributed by atoms with van der Waals surface area (Å²) in [5.41, 5.74) is 2.47. The SMILES string of the molecule is CCC1CCCN(C(=O)c2ccc3c(c2)NC(=O)C3)CC1. The summed E-state index contributed by atoms with van der Waals surface area (Å²) in [7, 11) is 0. The minimum Gasteiger partial charge on any atom is -0.339 e. The number of benzene rings is 1. The zero-order valence-electron chi connectivity index (χ0n) is 12.5. The molecule has 1 saturated heterocycles. The highest BCUT2D eigenvalue weighted by Crippen LogP contribution is 2.26. The Kier molecular flexibility index (Phi) is 3.95. The summed E-state index contributed by atoms with van der Waals surface area (Å²) in [6.07, 6.45) is 5.04. The second-order valence-corrected chi connectivity index (χ2v) is 6.09. The standard InChI is InChI=1S/C17H22N2O2/c1-2-12-4-3-8-19(9-7-12)17(21)14-6-5-13-11-16(20)18-15(13)10-14/h5-6,10,12H,2-4,7-9,11H2,1H3,(H,18,20). The van der Waals surface area contributed by atoms with Crippen LogP contribution < -0.4 is 5.32 Å². The highest BCUT2D eigenvalue weighted by molar-refractivity contribution is 6.02. The van der Waals surface area contributed by atoms with Crippen LogP contribution in [0.3, 0.4) is 0 Å². The number of fused-ring (bicyclic) bond motifs is 1. The third-order valence-corrected chi connectivity index (χ3v) is 4.69. The van der Waals surface area contributed by atoms with E-state index in [-0.39, 0.29) is 11.8 Å². The molecule has 0 aliphatic carbocycles. The van der Waals surface area contributed by atoms with E-state index in [1.54, 1.807) is 0 Å². The van der Waals surface area contributed by atoms with Crippen LogP contribution in [0.1, 0.15) is 48.5 Å². The number of amides is 2. The summed E-state index contributed by atoms with van der Waals surface area (Å²) >= 11 is 0. The maximum Gasteiger partial charge on any atom is 0.253 e. The molecule has 1 aromatic rings. The fourth-order valence-electron chi connectivity index (χ4n) is 3.31. The fourth-order valence-corrected chi connectivity index (χ4v) is 3.31. The number of nitrogens with zero attached hydrogens (tertiary/aromatic N) is 1. The normalized spacial score (nSPS) is 21.7. The van der Waals surface area contributed by atoms with Crippen LogP contribution in [0, 0.1) is 5.92 Å². The Morgan fingerprint density at radius 3 is 3.00 bits per heavy atom. The van der Waals surface area contributed by atoms with Crippen LogP contribution in [0.25, 0.3) is 0 Å². The molecule has 21 heavy (non-hydrogen) atoms. The molecule has 0 saturated carbocycles. The lowest BCUT2D eigenvalue weighted by atomic mass is 9.98. The molecule has 0 bridgehead atoms.